The van der Waals surface area contributed by atoms with Crippen LogP contribution in [0.1, 0.15) is 50.7 Å². The Kier molecular flexibility index (Phi) is 13.0. The van der Waals surface area contributed by atoms with E-state index in [0.717, 1.165) is 23.2 Å². The van der Waals surface area contributed by atoms with Crippen molar-refractivity contribution in [1.29, 1.82) is 0 Å². The summed E-state index contributed by atoms with van der Waals surface area (Å²) in [6.07, 6.45) is 1.83. The molecule has 2 amide bonds. The molecule has 5 rings (SSSR count). The Bertz CT molecular complexity index is 1730. The number of carboxylic acid groups (broad SMARTS) is 1. The molecular weight excluding hydrogens is 644 g/mol. The number of rotatable bonds is 18. The second-order valence-corrected chi connectivity index (χ2v) is 13.0. The summed E-state index contributed by atoms with van der Waals surface area (Å²) < 4.78 is 11.9. The maximum atomic E-state index is 14.4. The molecule has 4 unspecified atom stereocenters. The second-order valence-electron chi connectivity index (χ2n) is 13.0. The largest absolute Gasteiger partial charge is 0.481 e. The lowest BCUT2D eigenvalue weighted by Gasteiger charge is -2.51. The lowest BCUT2D eigenvalue weighted by Crippen LogP contribution is -2.60. The number of carbonyl (C=O) groups excluding carboxylic acids is 3. The summed E-state index contributed by atoms with van der Waals surface area (Å²) in [5.74, 6) is -1.61. The van der Waals surface area contributed by atoms with Gasteiger partial charge in [-0.2, -0.15) is 0 Å². The summed E-state index contributed by atoms with van der Waals surface area (Å²) in [6, 6.07) is 34.0. The van der Waals surface area contributed by atoms with Crippen LogP contribution in [0, 0.1) is 23.7 Å². The van der Waals surface area contributed by atoms with E-state index >= 15 is 0 Å². The van der Waals surface area contributed by atoms with Gasteiger partial charge in [-0.3, -0.25) is 14.4 Å². The predicted octanol–water partition coefficient (Wildman–Crippen LogP) is 7.99. The zero-order valence-electron chi connectivity index (χ0n) is 29.2. The molecule has 4 aromatic carbocycles. The van der Waals surface area contributed by atoms with Gasteiger partial charge in [0.25, 0.3) is 0 Å². The summed E-state index contributed by atoms with van der Waals surface area (Å²) in [6.45, 7) is 5.45. The van der Waals surface area contributed by atoms with E-state index in [-0.39, 0.29) is 24.7 Å². The van der Waals surface area contributed by atoms with Crippen LogP contribution in [0.2, 0.25) is 0 Å². The van der Waals surface area contributed by atoms with Gasteiger partial charge in [0, 0.05) is 39.0 Å². The molecular formula is C42H46N2O7. The first-order valence-corrected chi connectivity index (χ1v) is 17.7. The van der Waals surface area contributed by atoms with Crippen molar-refractivity contribution in [3.8, 4) is 23.0 Å². The molecule has 0 spiro atoms. The number of aliphatic carboxylic acids is 1. The van der Waals surface area contributed by atoms with Crippen molar-refractivity contribution in [2.75, 3.05) is 13.1 Å². The molecule has 1 N–H and O–H groups in total. The monoisotopic (exact) mass is 690 g/mol. The van der Waals surface area contributed by atoms with Gasteiger partial charge in [0.2, 0.25) is 11.8 Å². The second kappa shape index (κ2) is 18.0. The molecule has 0 radical (unpaired) electrons. The topological polar surface area (TPSA) is 113 Å². The first-order valence-electron chi connectivity index (χ1n) is 17.7. The number of carboxylic acids is 1. The van der Waals surface area contributed by atoms with Gasteiger partial charge in [-0.1, -0.05) is 74.5 Å². The van der Waals surface area contributed by atoms with E-state index in [4.69, 9.17) is 9.47 Å². The highest BCUT2D eigenvalue weighted by Crippen LogP contribution is 2.51. The summed E-state index contributed by atoms with van der Waals surface area (Å²) in [7, 11) is 0. The van der Waals surface area contributed by atoms with Gasteiger partial charge in [-0.15, -0.1) is 0 Å². The number of carbonyl (C=O) groups is 4. The zero-order valence-corrected chi connectivity index (χ0v) is 29.2. The minimum Gasteiger partial charge on any atom is -0.481 e. The highest BCUT2D eigenvalue weighted by Gasteiger charge is 2.58. The molecule has 0 aromatic heterocycles. The van der Waals surface area contributed by atoms with Crippen LogP contribution in [0.25, 0.3) is 0 Å². The van der Waals surface area contributed by atoms with E-state index in [9.17, 15) is 24.3 Å². The Hall–Kier alpha value is -5.44. The standard InChI is InChI=1S/C42H46N2O7/c1-3-24-43(28-30-15-19-34(20-16-30)50-32-11-7-5-8-12-32)41(48)39-36(23-26-45)37(27-38(46)47)40(39)42(49)44(25-4-2)29-31-17-21-35(22-18-31)51-33-13-9-6-10-14-33/h5-22,26,36-37,39-40H,3-4,23-25,27-29H2,1-2H3,(H,46,47). The fraction of sp³-hybridized carbons (Fsp3) is 0.333. The Morgan fingerprint density at radius 2 is 1.00 bits per heavy atom. The molecule has 1 aliphatic rings. The fourth-order valence-electron chi connectivity index (χ4n) is 7.02. The van der Waals surface area contributed by atoms with E-state index < -0.39 is 29.6 Å². The average molecular weight is 691 g/mol. The van der Waals surface area contributed by atoms with Crippen molar-refractivity contribution in [3.63, 3.8) is 0 Å². The number of para-hydroxylation sites is 2. The molecule has 0 heterocycles. The highest BCUT2D eigenvalue weighted by atomic mass is 16.5. The molecule has 0 bridgehead atoms. The quantitative estimate of drug-likeness (QED) is 0.105. The van der Waals surface area contributed by atoms with Crippen LogP contribution in [-0.4, -0.2) is 52.1 Å². The third-order valence-corrected chi connectivity index (χ3v) is 9.37. The van der Waals surface area contributed by atoms with Crippen LogP contribution in [0.3, 0.4) is 0 Å². The van der Waals surface area contributed by atoms with Gasteiger partial charge in [-0.05, 0) is 84.3 Å². The third-order valence-electron chi connectivity index (χ3n) is 9.37. The number of hydrogen-bond acceptors (Lipinski definition) is 6. The third kappa shape index (κ3) is 9.63. The van der Waals surface area contributed by atoms with Crippen LogP contribution >= 0.6 is 0 Å². The zero-order chi connectivity index (χ0) is 36.2. The highest BCUT2D eigenvalue weighted by molar-refractivity contribution is 5.91. The molecule has 1 fully saturated rings. The van der Waals surface area contributed by atoms with Crippen LogP contribution in [0.15, 0.2) is 109 Å². The van der Waals surface area contributed by atoms with Crippen molar-refractivity contribution >= 4 is 24.1 Å². The van der Waals surface area contributed by atoms with Crippen molar-refractivity contribution in [3.05, 3.63) is 120 Å². The maximum Gasteiger partial charge on any atom is 0.303 e. The predicted molar refractivity (Wildman–Crippen MR) is 194 cm³/mol. The SMILES string of the molecule is CCCN(Cc1ccc(Oc2ccccc2)cc1)C(=O)C1C(CC=O)C(CC(=O)O)C1C(=O)N(CCC)Cc1ccc(Oc2ccccc2)cc1. The van der Waals surface area contributed by atoms with Crippen LogP contribution in [-0.2, 0) is 32.3 Å². The number of aldehydes is 1. The normalized spacial score (nSPS) is 17.8. The average Bonchev–Trinajstić information content (AvgIpc) is 3.13. The number of amides is 2. The Morgan fingerprint density at radius 3 is 1.37 bits per heavy atom. The van der Waals surface area contributed by atoms with Crippen LogP contribution < -0.4 is 9.47 Å². The summed E-state index contributed by atoms with van der Waals surface area (Å²) in [4.78, 5) is 56.2. The minimum absolute atomic E-state index is 0.0142. The Balaban J connectivity index is 1.35. The van der Waals surface area contributed by atoms with Crippen molar-refractivity contribution in [2.45, 2.75) is 52.6 Å². The molecule has 1 aliphatic carbocycles. The van der Waals surface area contributed by atoms with E-state index in [1.807, 2.05) is 123 Å². The maximum absolute atomic E-state index is 14.4. The number of ether oxygens (including phenoxy) is 2. The minimum atomic E-state index is -1.06. The van der Waals surface area contributed by atoms with Crippen molar-refractivity contribution < 1.29 is 33.8 Å². The van der Waals surface area contributed by atoms with Crippen molar-refractivity contribution in [1.82, 2.24) is 9.80 Å². The summed E-state index contributed by atoms with van der Waals surface area (Å²) in [5.41, 5.74) is 1.77. The van der Waals surface area contributed by atoms with Gasteiger partial charge in [0.05, 0.1) is 11.8 Å². The first-order chi connectivity index (χ1) is 24.8. The lowest BCUT2D eigenvalue weighted by molar-refractivity contribution is -0.171. The summed E-state index contributed by atoms with van der Waals surface area (Å²) in [5, 5.41) is 9.84. The molecule has 9 heteroatoms. The Morgan fingerprint density at radius 1 is 0.608 bits per heavy atom. The molecule has 1 saturated carbocycles. The fourth-order valence-corrected chi connectivity index (χ4v) is 7.02. The summed E-state index contributed by atoms with van der Waals surface area (Å²) >= 11 is 0. The van der Waals surface area contributed by atoms with Crippen molar-refractivity contribution in [2.24, 2.45) is 23.7 Å². The Labute approximate surface area is 299 Å². The van der Waals surface area contributed by atoms with Crippen LogP contribution in [0.5, 0.6) is 23.0 Å². The van der Waals surface area contributed by atoms with E-state index in [0.29, 0.717) is 56.3 Å². The van der Waals surface area contributed by atoms with Crippen LogP contribution in [0.4, 0.5) is 0 Å². The van der Waals surface area contributed by atoms with Gasteiger partial charge in [0.1, 0.15) is 29.3 Å². The molecule has 4 aromatic rings. The van der Waals surface area contributed by atoms with Gasteiger partial charge >= 0.3 is 5.97 Å². The molecule has 0 saturated heterocycles. The van der Waals surface area contributed by atoms with E-state index in [1.54, 1.807) is 9.80 Å². The van der Waals surface area contributed by atoms with Gasteiger partial charge < -0.3 is 29.2 Å². The van der Waals surface area contributed by atoms with E-state index in [2.05, 4.69) is 0 Å². The molecule has 266 valence electrons. The van der Waals surface area contributed by atoms with Gasteiger partial charge in [0.15, 0.2) is 0 Å². The van der Waals surface area contributed by atoms with Gasteiger partial charge in [-0.25, -0.2) is 0 Å². The van der Waals surface area contributed by atoms with E-state index in [1.165, 1.54) is 0 Å². The first kappa shape index (κ1) is 36.8. The lowest BCUT2D eigenvalue weighted by atomic mass is 9.53. The molecule has 51 heavy (non-hydrogen) atoms. The molecule has 4 atom stereocenters. The number of benzene rings is 4. The smallest absolute Gasteiger partial charge is 0.303 e. The molecule has 9 nitrogen and oxygen atoms in total. The number of nitrogens with zero attached hydrogens (tertiary/aromatic N) is 2. The molecule has 0 aliphatic heterocycles. The number of hydrogen-bond donors (Lipinski definition) is 1.